The van der Waals surface area contributed by atoms with Crippen molar-refractivity contribution < 1.29 is 22.7 Å². The predicted octanol–water partition coefficient (Wildman–Crippen LogP) is 4.10. The molecule has 0 saturated heterocycles. The number of nitrogens with one attached hydrogen (secondary N) is 1. The van der Waals surface area contributed by atoms with Crippen LogP contribution >= 0.6 is 0 Å². The highest BCUT2D eigenvalue weighted by Gasteiger charge is 2.35. The second kappa shape index (κ2) is 8.33. The van der Waals surface area contributed by atoms with Crippen molar-refractivity contribution in [2.45, 2.75) is 33.2 Å². The molecule has 0 fully saturated rings. The lowest BCUT2D eigenvalue weighted by Crippen LogP contribution is -2.15. The Kier molecular flexibility index (Phi) is 5.56. The number of amides is 1. The summed E-state index contributed by atoms with van der Waals surface area (Å²) in [6.45, 7) is 3.62. The third kappa shape index (κ3) is 4.56. The van der Waals surface area contributed by atoms with Crippen LogP contribution in [0.4, 0.5) is 18.9 Å². The first-order chi connectivity index (χ1) is 15.2. The highest BCUT2D eigenvalue weighted by Crippen LogP contribution is 2.30. The van der Waals surface area contributed by atoms with Crippen LogP contribution in [-0.2, 0) is 19.3 Å². The molecule has 0 atom stereocenters. The van der Waals surface area contributed by atoms with Crippen molar-refractivity contribution in [3.05, 3.63) is 71.4 Å². The van der Waals surface area contributed by atoms with Crippen molar-refractivity contribution >= 4 is 17.2 Å². The highest BCUT2D eigenvalue weighted by molar-refractivity contribution is 6.03. The molecule has 166 valence electrons. The molecule has 0 bridgehead atoms. The summed E-state index contributed by atoms with van der Waals surface area (Å²) in [4.78, 5) is 16.5. The molecule has 0 radical (unpaired) electrons. The van der Waals surface area contributed by atoms with Gasteiger partial charge in [-0.2, -0.15) is 23.4 Å². The molecule has 3 heterocycles. The molecule has 32 heavy (non-hydrogen) atoms. The van der Waals surface area contributed by atoms with E-state index in [2.05, 4.69) is 27.4 Å². The van der Waals surface area contributed by atoms with Gasteiger partial charge in [-0.3, -0.25) is 4.79 Å². The maximum Gasteiger partial charge on any atom is 0.433 e. The minimum Gasteiger partial charge on any atom is -0.471 e. The molecule has 0 saturated carbocycles. The number of carbonyl (C=O) groups is 1. The minimum atomic E-state index is -4.64. The number of nitrogens with zero attached hydrogens (tertiary/aromatic N) is 5. The summed E-state index contributed by atoms with van der Waals surface area (Å²) in [7, 11) is 0. The van der Waals surface area contributed by atoms with E-state index in [1.807, 2.05) is 24.3 Å². The van der Waals surface area contributed by atoms with E-state index in [-0.39, 0.29) is 23.8 Å². The molecule has 0 unspecified atom stereocenters. The van der Waals surface area contributed by atoms with Crippen LogP contribution in [0, 0.1) is 6.92 Å². The Bertz CT molecular complexity index is 1260. The van der Waals surface area contributed by atoms with E-state index in [9.17, 15) is 18.0 Å². The highest BCUT2D eigenvalue weighted by atomic mass is 19.4. The molecule has 0 aliphatic heterocycles. The van der Waals surface area contributed by atoms with Gasteiger partial charge in [0.25, 0.3) is 5.91 Å². The SMILES string of the molecule is CCc1ccc(OCn2cc(NC(=O)c3cc4nc(C)cc(C(F)(F)F)n4n3)cn2)cc1. The van der Waals surface area contributed by atoms with Crippen LogP contribution in [0.2, 0.25) is 0 Å². The number of ether oxygens (including phenoxy) is 1. The van der Waals surface area contributed by atoms with Gasteiger partial charge in [0.1, 0.15) is 11.4 Å². The molecule has 1 amide bonds. The number of aryl methyl sites for hydroxylation is 2. The van der Waals surface area contributed by atoms with Gasteiger partial charge in [0.05, 0.1) is 18.1 Å². The number of anilines is 1. The summed E-state index contributed by atoms with van der Waals surface area (Å²) >= 11 is 0. The predicted molar refractivity (Wildman–Crippen MR) is 109 cm³/mol. The third-order valence-corrected chi connectivity index (χ3v) is 4.66. The molecular formula is C21H19F3N6O2. The Labute approximate surface area is 180 Å². The Morgan fingerprint density at radius 1 is 1.19 bits per heavy atom. The maximum absolute atomic E-state index is 13.3. The smallest absolute Gasteiger partial charge is 0.433 e. The average Bonchev–Trinajstić information content (AvgIpc) is 3.38. The molecule has 0 spiro atoms. The van der Waals surface area contributed by atoms with E-state index in [0.29, 0.717) is 16.0 Å². The lowest BCUT2D eigenvalue weighted by molar-refractivity contribution is -0.142. The van der Waals surface area contributed by atoms with E-state index in [1.165, 1.54) is 35.6 Å². The van der Waals surface area contributed by atoms with Crippen LogP contribution in [-0.4, -0.2) is 30.3 Å². The van der Waals surface area contributed by atoms with Gasteiger partial charge in [0.2, 0.25) is 0 Å². The fourth-order valence-electron chi connectivity index (χ4n) is 3.07. The molecule has 8 nitrogen and oxygen atoms in total. The van der Waals surface area contributed by atoms with E-state index < -0.39 is 17.8 Å². The minimum absolute atomic E-state index is 0.0688. The Morgan fingerprint density at radius 2 is 1.94 bits per heavy atom. The molecule has 0 aliphatic carbocycles. The van der Waals surface area contributed by atoms with Crippen molar-refractivity contribution in [2.75, 3.05) is 5.32 Å². The first-order valence-electron chi connectivity index (χ1n) is 9.73. The molecule has 1 N–H and O–H groups in total. The number of halogens is 3. The molecule has 0 aliphatic rings. The van der Waals surface area contributed by atoms with Crippen molar-refractivity contribution in [3.8, 4) is 5.75 Å². The van der Waals surface area contributed by atoms with Crippen molar-refractivity contribution in [1.29, 1.82) is 0 Å². The topological polar surface area (TPSA) is 86.3 Å². The van der Waals surface area contributed by atoms with Gasteiger partial charge in [-0.05, 0) is 37.1 Å². The zero-order valence-corrected chi connectivity index (χ0v) is 17.2. The zero-order valence-electron chi connectivity index (χ0n) is 17.2. The maximum atomic E-state index is 13.3. The Balaban J connectivity index is 1.45. The molecule has 11 heteroatoms. The number of alkyl halides is 3. The summed E-state index contributed by atoms with van der Waals surface area (Å²) in [5.74, 6) is -0.00634. The summed E-state index contributed by atoms with van der Waals surface area (Å²) in [6.07, 6.45) is -0.760. The summed E-state index contributed by atoms with van der Waals surface area (Å²) in [6, 6.07) is 9.74. The second-order valence-corrected chi connectivity index (χ2v) is 7.07. The quantitative estimate of drug-likeness (QED) is 0.484. The fraction of sp³-hybridized carbons (Fsp3) is 0.238. The molecule has 4 aromatic rings. The van der Waals surface area contributed by atoms with Crippen LogP contribution in [0.15, 0.2) is 48.8 Å². The van der Waals surface area contributed by atoms with Crippen LogP contribution in [0.25, 0.3) is 5.65 Å². The number of fused-ring (bicyclic) bond motifs is 1. The second-order valence-electron chi connectivity index (χ2n) is 7.07. The standard InChI is InChI=1S/C21H19F3N6O2/c1-3-14-4-6-16(7-5-14)32-12-29-11-15(10-25-29)27-20(31)17-9-19-26-13(2)8-18(21(22,23)24)30(19)28-17/h4-11H,3,12H2,1-2H3,(H,27,31). The number of benzene rings is 1. The van der Waals surface area contributed by atoms with Crippen LogP contribution in [0.5, 0.6) is 5.75 Å². The number of hydrogen-bond acceptors (Lipinski definition) is 5. The van der Waals surface area contributed by atoms with Gasteiger partial charge in [0.15, 0.2) is 18.1 Å². The fourth-order valence-corrected chi connectivity index (χ4v) is 3.07. The van der Waals surface area contributed by atoms with E-state index >= 15 is 0 Å². The average molecular weight is 444 g/mol. The molecule has 1 aromatic carbocycles. The normalized spacial score (nSPS) is 11.7. The van der Waals surface area contributed by atoms with Gasteiger partial charge >= 0.3 is 6.18 Å². The van der Waals surface area contributed by atoms with Gasteiger partial charge in [-0.25, -0.2) is 14.2 Å². The van der Waals surface area contributed by atoms with Gasteiger partial charge in [0, 0.05) is 11.8 Å². The Morgan fingerprint density at radius 3 is 2.62 bits per heavy atom. The van der Waals surface area contributed by atoms with Crippen molar-refractivity contribution in [2.24, 2.45) is 0 Å². The van der Waals surface area contributed by atoms with E-state index in [4.69, 9.17) is 4.74 Å². The van der Waals surface area contributed by atoms with Crippen LogP contribution < -0.4 is 10.1 Å². The monoisotopic (exact) mass is 444 g/mol. The summed E-state index contributed by atoms with van der Waals surface area (Å²) in [5.41, 5.74) is 0.436. The van der Waals surface area contributed by atoms with Crippen molar-refractivity contribution in [1.82, 2.24) is 24.4 Å². The van der Waals surface area contributed by atoms with E-state index in [1.54, 1.807) is 0 Å². The zero-order chi connectivity index (χ0) is 22.9. The summed E-state index contributed by atoms with van der Waals surface area (Å²) in [5, 5.41) is 10.4. The lowest BCUT2D eigenvalue weighted by atomic mass is 10.2. The van der Waals surface area contributed by atoms with E-state index in [0.717, 1.165) is 12.5 Å². The number of aromatic nitrogens is 5. The number of hydrogen-bond donors (Lipinski definition) is 1. The molecule has 3 aromatic heterocycles. The lowest BCUT2D eigenvalue weighted by Gasteiger charge is -2.09. The first kappa shape index (κ1) is 21.3. The van der Waals surface area contributed by atoms with Gasteiger partial charge in [-0.15, -0.1) is 0 Å². The largest absolute Gasteiger partial charge is 0.471 e. The Hall–Kier alpha value is -3.89. The first-order valence-corrected chi connectivity index (χ1v) is 9.73. The van der Waals surface area contributed by atoms with Gasteiger partial charge in [-0.1, -0.05) is 19.1 Å². The summed E-state index contributed by atoms with van der Waals surface area (Å²) < 4.78 is 47.6. The molecular weight excluding hydrogens is 425 g/mol. The van der Waals surface area contributed by atoms with Crippen LogP contribution in [0.3, 0.4) is 0 Å². The van der Waals surface area contributed by atoms with Crippen molar-refractivity contribution in [3.63, 3.8) is 0 Å². The van der Waals surface area contributed by atoms with Gasteiger partial charge < -0.3 is 10.1 Å². The number of carbonyl (C=O) groups excluding carboxylic acids is 1. The molecule has 4 rings (SSSR count). The third-order valence-electron chi connectivity index (χ3n) is 4.66. The number of rotatable bonds is 6. The van der Waals surface area contributed by atoms with Crippen LogP contribution in [0.1, 0.15) is 34.4 Å².